The predicted octanol–water partition coefficient (Wildman–Crippen LogP) is 3.29. The van der Waals surface area contributed by atoms with Crippen LogP contribution in [0.15, 0.2) is 34.9 Å². The van der Waals surface area contributed by atoms with E-state index in [1.165, 1.54) is 12.1 Å². The molecule has 6 nitrogen and oxygen atoms in total. The van der Waals surface area contributed by atoms with E-state index in [1.807, 2.05) is 6.07 Å². The van der Waals surface area contributed by atoms with E-state index in [2.05, 4.69) is 40.2 Å². The van der Waals surface area contributed by atoms with E-state index in [0.717, 1.165) is 16.7 Å². The van der Waals surface area contributed by atoms with Crippen molar-refractivity contribution in [1.82, 2.24) is 15.1 Å². The normalized spacial score (nSPS) is 11.0. The topological polar surface area (TPSA) is 73.0 Å². The zero-order valence-electron chi connectivity index (χ0n) is 11.9. The van der Waals surface area contributed by atoms with Crippen molar-refractivity contribution in [2.45, 2.75) is 20.4 Å². The predicted molar refractivity (Wildman–Crippen MR) is 84.5 cm³/mol. The van der Waals surface area contributed by atoms with Crippen LogP contribution in [-0.4, -0.2) is 21.2 Å². The quantitative estimate of drug-likeness (QED) is 0.639. The lowest BCUT2D eigenvalue weighted by atomic mass is 10.2. The zero-order valence-corrected chi connectivity index (χ0v) is 13.5. The molecule has 0 atom stereocenters. The number of hydrogen-bond donors (Lipinski definition) is 1. The molecular formula is C14H17BrN4O2. The van der Waals surface area contributed by atoms with Crippen LogP contribution < -0.4 is 5.32 Å². The number of nitrogens with zero attached hydrogens (tertiary/aromatic N) is 3. The van der Waals surface area contributed by atoms with Crippen molar-refractivity contribution in [3.8, 4) is 5.69 Å². The minimum Gasteiger partial charge on any atom is -0.311 e. The van der Waals surface area contributed by atoms with Crippen LogP contribution in [0.1, 0.15) is 19.5 Å². The Morgan fingerprint density at radius 2 is 2.19 bits per heavy atom. The fourth-order valence-corrected chi connectivity index (χ4v) is 2.30. The molecule has 2 aromatic rings. The van der Waals surface area contributed by atoms with Gasteiger partial charge in [0.05, 0.1) is 16.3 Å². The molecule has 0 bridgehead atoms. The van der Waals surface area contributed by atoms with Crippen molar-refractivity contribution < 1.29 is 4.92 Å². The standard InChI is InChI=1S/C14H17BrN4O2/c1-10(2)8-16-9-11-5-6-18(17-11)14-7-12(19(20)21)3-4-13(14)15/h3-7,10,16H,8-9H2,1-2H3. The van der Waals surface area contributed by atoms with Crippen LogP contribution in [0.3, 0.4) is 0 Å². The summed E-state index contributed by atoms with van der Waals surface area (Å²) in [6.07, 6.45) is 1.80. The summed E-state index contributed by atoms with van der Waals surface area (Å²) < 4.78 is 2.40. The van der Waals surface area contributed by atoms with Crippen molar-refractivity contribution in [2.75, 3.05) is 6.54 Å². The molecule has 0 unspecified atom stereocenters. The molecule has 1 aromatic carbocycles. The number of halogens is 1. The first-order valence-electron chi connectivity index (χ1n) is 6.67. The zero-order chi connectivity index (χ0) is 15.4. The number of aromatic nitrogens is 2. The van der Waals surface area contributed by atoms with Gasteiger partial charge in [0.15, 0.2) is 0 Å². The summed E-state index contributed by atoms with van der Waals surface area (Å²) in [6, 6.07) is 6.52. The van der Waals surface area contributed by atoms with Gasteiger partial charge in [-0.15, -0.1) is 0 Å². The van der Waals surface area contributed by atoms with Gasteiger partial charge in [-0.2, -0.15) is 5.10 Å². The lowest BCUT2D eigenvalue weighted by Gasteiger charge is -2.06. The number of benzene rings is 1. The highest BCUT2D eigenvalue weighted by Crippen LogP contribution is 2.25. The molecule has 1 heterocycles. The molecule has 7 heteroatoms. The third-order valence-corrected chi connectivity index (χ3v) is 3.56. The van der Waals surface area contributed by atoms with Crippen molar-refractivity contribution in [2.24, 2.45) is 5.92 Å². The van der Waals surface area contributed by atoms with E-state index >= 15 is 0 Å². The molecule has 0 aliphatic rings. The van der Waals surface area contributed by atoms with E-state index in [0.29, 0.717) is 18.2 Å². The van der Waals surface area contributed by atoms with Crippen LogP contribution in [-0.2, 0) is 6.54 Å². The first-order valence-corrected chi connectivity index (χ1v) is 7.46. The first-order chi connectivity index (χ1) is 9.97. The molecule has 0 fully saturated rings. The van der Waals surface area contributed by atoms with Crippen molar-refractivity contribution >= 4 is 21.6 Å². The van der Waals surface area contributed by atoms with Crippen molar-refractivity contribution in [3.63, 3.8) is 0 Å². The third-order valence-electron chi connectivity index (χ3n) is 2.89. The van der Waals surface area contributed by atoms with E-state index in [9.17, 15) is 10.1 Å². The smallest absolute Gasteiger partial charge is 0.271 e. The summed E-state index contributed by atoms with van der Waals surface area (Å²) in [5, 5.41) is 18.6. The van der Waals surface area contributed by atoms with Crippen LogP contribution in [0.25, 0.3) is 5.69 Å². The van der Waals surface area contributed by atoms with Gasteiger partial charge in [0, 0.05) is 29.3 Å². The van der Waals surface area contributed by atoms with Crippen LogP contribution >= 0.6 is 15.9 Å². The fourth-order valence-electron chi connectivity index (χ4n) is 1.87. The average Bonchev–Trinajstić information content (AvgIpc) is 2.87. The largest absolute Gasteiger partial charge is 0.311 e. The highest BCUT2D eigenvalue weighted by atomic mass is 79.9. The van der Waals surface area contributed by atoms with Gasteiger partial charge < -0.3 is 5.32 Å². The van der Waals surface area contributed by atoms with Crippen molar-refractivity contribution in [1.29, 1.82) is 0 Å². The highest BCUT2D eigenvalue weighted by molar-refractivity contribution is 9.10. The van der Waals surface area contributed by atoms with E-state index in [-0.39, 0.29) is 5.69 Å². The SMILES string of the molecule is CC(C)CNCc1ccn(-c2cc([N+](=O)[O-])ccc2Br)n1. The Morgan fingerprint density at radius 1 is 1.43 bits per heavy atom. The summed E-state index contributed by atoms with van der Waals surface area (Å²) in [5.74, 6) is 0.581. The Balaban J connectivity index is 2.17. The second-order valence-electron chi connectivity index (χ2n) is 5.17. The number of nitro benzene ring substituents is 1. The maximum atomic E-state index is 10.9. The lowest BCUT2D eigenvalue weighted by molar-refractivity contribution is -0.384. The monoisotopic (exact) mass is 352 g/mol. The van der Waals surface area contributed by atoms with Crippen molar-refractivity contribution in [3.05, 3.63) is 50.7 Å². The average molecular weight is 353 g/mol. The molecule has 0 saturated heterocycles. The molecule has 112 valence electrons. The summed E-state index contributed by atoms with van der Waals surface area (Å²) in [4.78, 5) is 10.4. The Morgan fingerprint density at radius 3 is 2.86 bits per heavy atom. The maximum Gasteiger partial charge on any atom is 0.271 e. The Labute approximate surface area is 131 Å². The summed E-state index contributed by atoms with van der Waals surface area (Å²) >= 11 is 3.40. The number of nitro groups is 1. The maximum absolute atomic E-state index is 10.9. The Hall–Kier alpha value is -1.73. The van der Waals surface area contributed by atoms with E-state index in [1.54, 1.807) is 16.9 Å². The van der Waals surface area contributed by atoms with Crippen LogP contribution in [0.2, 0.25) is 0 Å². The van der Waals surface area contributed by atoms with E-state index < -0.39 is 4.92 Å². The minimum atomic E-state index is -0.412. The minimum absolute atomic E-state index is 0.0446. The molecular weight excluding hydrogens is 336 g/mol. The Kier molecular flexibility index (Phi) is 5.08. The molecule has 0 radical (unpaired) electrons. The molecule has 21 heavy (non-hydrogen) atoms. The molecule has 0 saturated carbocycles. The van der Waals surface area contributed by atoms with Gasteiger partial charge in [0.2, 0.25) is 0 Å². The molecule has 0 spiro atoms. The molecule has 0 aliphatic heterocycles. The highest BCUT2D eigenvalue weighted by Gasteiger charge is 2.12. The van der Waals surface area contributed by atoms with Crippen LogP contribution in [0.4, 0.5) is 5.69 Å². The molecule has 2 rings (SSSR count). The lowest BCUT2D eigenvalue weighted by Crippen LogP contribution is -2.19. The number of hydrogen-bond acceptors (Lipinski definition) is 4. The molecule has 0 aliphatic carbocycles. The van der Waals surface area contributed by atoms with Gasteiger partial charge in [0.25, 0.3) is 5.69 Å². The molecule has 1 aromatic heterocycles. The third kappa shape index (κ3) is 4.12. The van der Waals surface area contributed by atoms with Gasteiger partial charge in [-0.25, -0.2) is 4.68 Å². The van der Waals surface area contributed by atoms with Gasteiger partial charge in [-0.05, 0) is 40.5 Å². The van der Waals surface area contributed by atoms with Gasteiger partial charge in [0.1, 0.15) is 0 Å². The van der Waals surface area contributed by atoms with Gasteiger partial charge in [-0.1, -0.05) is 13.8 Å². The number of rotatable bonds is 6. The second kappa shape index (κ2) is 6.82. The van der Waals surface area contributed by atoms with E-state index in [4.69, 9.17) is 0 Å². The first kappa shape index (κ1) is 15.7. The number of non-ortho nitro benzene ring substituents is 1. The summed E-state index contributed by atoms with van der Waals surface area (Å²) in [7, 11) is 0. The van der Waals surface area contributed by atoms with Gasteiger partial charge in [-0.3, -0.25) is 10.1 Å². The Bertz CT molecular complexity index is 640. The molecule has 1 N–H and O–H groups in total. The number of nitrogens with one attached hydrogen (secondary N) is 1. The molecule has 0 amide bonds. The second-order valence-corrected chi connectivity index (χ2v) is 6.02. The summed E-state index contributed by atoms with van der Waals surface area (Å²) in [6.45, 7) is 5.89. The summed E-state index contributed by atoms with van der Waals surface area (Å²) in [5.41, 5.74) is 1.59. The van der Waals surface area contributed by atoms with Gasteiger partial charge >= 0.3 is 0 Å². The van der Waals surface area contributed by atoms with Crippen LogP contribution in [0, 0.1) is 16.0 Å². The van der Waals surface area contributed by atoms with Crippen LogP contribution in [0.5, 0.6) is 0 Å². The fraction of sp³-hybridized carbons (Fsp3) is 0.357.